The van der Waals surface area contributed by atoms with Crippen molar-refractivity contribution in [3.63, 3.8) is 0 Å². The Morgan fingerprint density at radius 2 is 2.12 bits per heavy atom. The molecule has 0 saturated carbocycles. The normalized spacial score (nSPS) is 38.3. The van der Waals surface area contributed by atoms with Crippen molar-refractivity contribution in [2.45, 2.75) is 71.8 Å². The van der Waals surface area contributed by atoms with E-state index in [1.54, 1.807) is 11.1 Å². The van der Waals surface area contributed by atoms with Gasteiger partial charge < -0.3 is 9.53 Å². The van der Waals surface area contributed by atoms with Crippen LogP contribution < -0.4 is 0 Å². The van der Waals surface area contributed by atoms with Gasteiger partial charge in [-0.3, -0.25) is 0 Å². The fraction of sp³-hybridized carbons (Fsp3) is 0.625. The number of hydrogen-bond donors (Lipinski definition) is 0. The monoisotopic (exact) mass is 352 g/mol. The maximum absolute atomic E-state index is 10.9. The summed E-state index contributed by atoms with van der Waals surface area (Å²) in [5.41, 5.74) is 6.66. The molecule has 140 valence electrons. The number of ether oxygens (including phenoxy) is 1. The van der Waals surface area contributed by atoms with E-state index in [4.69, 9.17) is 4.74 Å². The van der Waals surface area contributed by atoms with Crippen molar-refractivity contribution in [2.24, 2.45) is 16.7 Å². The van der Waals surface area contributed by atoms with E-state index in [2.05, 4.69) is 45.1 Å². The molecule has 4 rings (SSSR count). The molecule has 0 fully saturated rings. The lowest BCUT2D eigenvalue weighted by Gasteiger charge is -2.46. The third-order valence-corrected chi connectivity index (χ3v) is 7.57. The highest BCUT2D eigenvalue weighted by molar-refractivity contribution is 5.59. The lowest BCUT2D eigenvalue weighted by Crippen LogP contribution is -2.35. The van der Waals surface area contributed by atoms with Gasteiger partial charge in [0.05, 0.1) is 6.10 Å². The van der Waals surface area contributed by atoms with Crippen molar-refractivity contribution in [3.8, 4) is 0 Å². The third kappa shape index (κ3) is 2.69. The highest BCUT2D eigenvalue weighted by atomic mass is 16.5. The Balaban J connectivity index is 1.65. The Morgan fingerprint density at radius 3 is 2.88 bits per heavy atom. The van der Waals surface area contributed by atoms with Crippen LogP contribution in [0.5, 0.6) is 0 Å². The van der Waals surface area contributed by atoms with Crippen LogP contribution in [0.2, 0.25) is 0 Å². The van der Waals surface area contributed by atoms with Crippen LogP contribution in [0.4, 0.5) is 0 Å². The molecule has 0 spiro atoms. The average Bonchev–Trinajstić information content (AvgIpc) is 2.98. The first-order chi connectivity index (χ1) is 12.5. The highest BCUT2D eigenvalue weighted by Crippen LogP contribution is 2.59. The van der Waals surface area contributed by atoms with Gasteiger partial charge in [0.1, 0.15) is 6.29 Å². The average molecular weight is 353 g/mol. The van der Waals surface area contributed by atoms with Gasteiger partial charge in [-0.15, -0.1) is 0 Å². The largest absolute Gasteiger partial charge is 0.374 e. The van der Waals surface area contributed by atoms with E-state index in [-0.39, 0.29) is 16.9 Å². The lowest BCUT2D eigenvalue weighted by atomic mass is 9.58. The zero-order chi connectivity index (χ0) is 18.4. The molecule has 2 nitrogen and oxygen atoms in total. The zero-order valence-electron chi connectivity index (χ0n) is 16.5. The minimum Gasteiger partial charge on any atom is -0.374 e. The summed E-state index contributed by atoms with van der Waals surface area (Å²) < 4.78 is 5.88. The quantitative estimate of drug-likeness (QED) is 0.592. The molecule has 0 heterocycles. The summed E-state index contributed by atoms with van der Waals surface area (Å²) in [7, 11) is 0. The summed E-state index contributed by atoms with van der Waals surface area (Å²) >= 11 is 0. The number of aldehydes is 1. The van der Waals surface area contributed by atoms with Crippen molar-refractivity contribution >= 4 is 6.29 Å². The Labute approximate surface area is 158 Å². The molecule has 0 saturated heterocycles. The SMILES string of the molecule is CCOC1C=C2C=CC3=C(CCC4C3=CC[C@@]4(C)CCC=O)C2(C)CC1. The van der Waals surface area contributed by atoms with Crippen LogP contribution in [0.1, 0.15) is 65.7 Å². The maximum atomic E-state index is 10.9. The molecule has 0 amide bonds. The summed E-state index contributed by atoms with van der Waals surface area (Å²) in [6, 6.07) is 0. The summed E-state index contributed by atoms with van der Waals surface area (Å²) in [5.74, 6) is 0.625. The number of carbonyl (C=O) groups is 1. The van der Waals surface area contributed by atoms with E-state index in [1.807, 2.05) is 0 Å². The topological polar surface area (TPSA) is 26.3 Å². The van der Waals surface area contributed by atoms with Gasteiger partial charge in [0, 0.05) is 18.4 Å². The minimum atomic E-state index is 0.186. The molecule has 2 heteroatoms. The van der Waals surface area contributed by atoms with E-state index in [9.17, 15) is 4.79 Å². The molecule has 0 aromatic carbocycles. The summed E-state index contributed by atoms with van der Waals surface area (Å²) in [6.07, 6.45) is 18.5. The molecule has 0 aromatic rings. The number of fused-ring (bicyclic) bond motifs is 4. The number of hydrogen-bond acceptors (Lipinski definition) is 2. The maximum Gasteiger partial charge on any atom is 0.120 e. The summed E-state index contributed by atoms with van der Waals surface area (Å²) in [6.45, 7) is 7.71. The summed E-state index contributed by atoms with van der Waals surface area (Å²) in [5, 5.41) is 0. The highest BCUT2D eigenvalue weighted by Gasteiger charge is 2.47. The second-order valence-electron chi connectivity index (χ2n) is 9.03. The van der Waals surface area contributed by atoms with Crippen molar-refractivity contribution in [1.82, 2.24) is 0 Å². The van der Waals surface area contributed by atoms with Gasteiger partial charge >= 0.3 is 0 Å². The van der Waals surface area contributed by atoms with E-state index in [0.717, 1.165) is 32.2 Å². The molecular weight excluding hydrogens is 320 g/mol. The van der Waals surface area contributed by atoms with Gasteiger partial charge in [-0.1, -0.05) is 43.7 Å². The molecule has 4 atom stereocenters. The third-order valence-electron chi connectivity index (χ3n) is 7.57. The van der Waals surface area contributed by atoms with E-state index in [0.29, 0.717) is 12.3 Å². The summed E-state index contributed by atoms with van der Waals surface area (Å²) in [4.78, 5) is 10.9. The van der Waals surface area contributed by atoms with Gasteiger partial charge in [0.2, 0.25) is 0 Å². The Kier molecular flexibility index (Phi) is 4.59. The van der Waals surface area contributed by atoms with E-state index in [1.165, 1.54) is 30.4 Å². The Hall–Kier alpha value is -1.41. The zero-order valence-corrected chi connectivity index (χ0v) is 16.5. The predicted octanol–water partition coefficient (Wildman–Crippen LogP) is 5.71. The van der Waals surface area contributed by atoms with Crippen molar-refractivity contribution < 1.29 is 9.53 Å². The predicted molar refractivity (Wildman–Crippen MR) is 106 cm³/mol. The number of carbonyl (C=O) groups excluding carboxylic acids is 1. The fourth-order valence-electron chi connectivity index (χ4n) is 5.96. The smallest absolute Gasteiger partial charge is 0.120 e. The number of rotatable bonds is 5. The molecule has 0 N–H and O–H groups in total. The van der Waals surface area contributed by atoms with Gasteiger partial charge in [0.15, 0.2) is 0 Å². The number of allylic oxidation sites excluding steroid dienone is 7. The van der Waals surface area contributed by atoms with Crippen LogP contribution in [0.3, 0.4) is 0 Å². The molecule has 4 aliphatic carbocycles. The van der Waals surface area contributed by atoms with Crippen LogP contribution in [-0.4, -0.2) is 19.0 Å². The van der Waals surface area contributed by atoms with Crippen molar-refractivity contribution in [2.75, 3.05) is 6.61 Å². The van der Waals surface area contributed by atoms with Gasteiger partial charge in [-0.25, -0.2) is 0 Å². The van der Waals surface area contributed by atoms with Crippen LogP contribution >= 0.6 is 0 Å². The van der Waals surface area contributed by atoms with Gasteiger partial charge in [-0.2, -0.15) is 0 Å². The van der Waals surface area contributed by atoms with Crippen LogP contribution in [0.15, 0.2) is 46.6 Å². The van der Waals surface area contributed by atoms with Crippen LogP contribution in [0.25, 0.3) is 0 Å². The molecule has 0 bridgehead atoms. The molecule has 4 aliphatic rings. The second kappa shape index (κ2) is 6.64. The standard InChI is InChI=1S/C24H32O2/c1-4-26-18-10-14-24(3)17(16-18)6-7-19-20-11-13-23(2,12-5-15-25)21(20)8-9-22(19)24/h6-7,11,15-16,18,21H,4-5,8-10,12-14H2,1-3H3/t18?,21?,23-,24?/m1/s1. The molecule has 0 aliphatic heterocycles. The molecule has 0 radical (unpaired) electrons. The second-order valence-corrected chi connectivity index (χ2v) is 9.03. The molecule has 26 heavy (non-hydrogen) atoms. The molecule has 0 aromatic heterocycles. The first-order valence-corrected chi connectivity index (χ1v) is 10.4. The van der Waals surface area contributed by atoms with Gasteiger partial charge in [0.25, 0.3) is 0 Å². The van der Waals surface area contributed by atoms with Crippen LogP contribution in [0, 0.1) is 16.7 Å². The Bertz CT molecular complexity index is 722. The van der Waals surface area contributed by atoms with E-state index < -0.39 is 0 Å². The van der Waals surface area contributed by atoms with Crippen molar-refractivity contribution in [3.05, 3.63) is 46.6 Å². The first kappa shape index (κ1) is 18.0. The van der Waals surface area contributed by atoms with Crippen molar-refractivity contribution in [1.29, 1.82) is 0 Å². The van der Waals surface area contributed by atoms with Gasteiger partial charge in [-0.05, 0) is 73.5 Å². The lowest BCUT2D eigenvalue weighted by molar-refractivity contribution is -0.108. The van der Waals surface area contributed by atoms with Crippen LogP contribution in [-0.2, 0) is 9.53 Å². The molecular formula is C24H32O2. The minimum absolute atomic E-state index is 0.186. The van der Waals surface area contributed by atoms with E-state index >= 15 is 0 Å². The first-order valence-electron chi connectivity index (χ1n) is 10.4. The molecule has 3 unspecified atom stereocenters. The Morgan fingerprint density at radius 1 is 1.27 bits per heavy atom. The fourth-order valence-corrected chi connectivity index (χ4v) is 5.96.